The van der Waals surface area contributed by atoms with Gasteiger partial charge in [-0.3, -0.25) is 14.4 Å². The Balaban J connectivity index is 1.25. The minimum atomic E-state index is -0.498. The number of benzene rings is 2. The van der Waals surface area contributed by atoms with Gasteiger partial charge in [0.2, 0.25) is 5.91 Å². The topological polar surface area (TPSA) is 90.9 Å². The molecule has 2 N–H and O–H groups in total. The smallest absolute Gasteiger partial charge is 0.262 e. The van der Waals surface area contributed by atoms with Crippen molar-refractivity contribution in [2.45, 2.75) is 31.1 Å². The van der Waals surface area contributed by atoms with Gasteiger partial charge in [-0.15, -0.1) is 0 Å². The van der Waals surface area contributed by atoms with Gasteiger partial charge in [0.1, 0.15) is 11.1 Å². The van der Waals surface area contributed by atoms with E-state index < -0.39 is 5.25 Å². The SMILES string of the molecule is O=C(CC1SC(N2CCCC2)=NC1=O)Nc1ccc(C(=O)NCc2ccc(F)cc2)cc1. The molecule has 7 nitrogen and oxygen atoms in total. The summed E-state index contributed by atoms with van der Waals surface area (Å²) in [6.45, 7) is 2.09. The average Bonchev–Trinajstić information content (AvgIpc) is 3.44. The number of hydrogen-bond acceptors (Lipinski definition) is 5. The lowest BCUT2D eigenvalue weighted by molar-refractivity contribution is -0.121. The Kier molecular flexibility index (Phi) is 6.84. The quantitative estimate of drug-likeness (QED) is 0.700. The largest absolute Gasteiger partial charge is 0.351 e. The highest BCUT2D eigenvalue weighted by Crippen LogP contribution is 2.29. The maximum absolute atomic E-state index is 12.9. The molecule has 3 amide bonds. The number of amidine groups is 1. The van der Waals surface area contributed by atoms with E-state index in [1.165, 1.54) is 23.9 Å². The van der Waals surface area contributed by atoms with Crippen LogP contribution in [0.25, 0.3) is 0 Å². The van der Waals surface area contributed by atoms with E-state index in [0.717, 1.165) is 36.7 Å². The van der Waals surface area contributed by atoms with E-state index in [2.05, 4.69) is 20.5 Å². The van der Waals surface area contributed by atoms with Gasteiger partial charge in [-0.1, -0.05) is 23.9 Å². The Labute approximate surface area is 189 Å². The first kappa shape index (κ1) is 22.0. The second-order valence-electron chi connectivity index (χ2n) is 7.67. The number of anilines is 1. The molecule has 2 aromatic rings. The van der Waals surface area contributed by atoms with Crippen molar-refractivity contribution in [2.24, 2.45) is 4.99 Å². The second-order valence-corrected chi connectivity index (χ2v) is 8.84. The first-order valence-electron chi connectivity index (χ1n) is 10.4. The van der Waals surface area contributed by atoms with Crippen LogP contribution in [-0.4, -0.2) is 46.1 Å². The van der Waals surface area contributed by atoms with Crippen LogP contribution in [0.2, 0.25) is 0 Å². The van der Waals surface area contributed by atoms with E-state index in [0.29, 0.717) is 11.3 Å². The number of halogens is 1. The number of carbonyl (C=O) groups excluding carboxylic acids is 3. The Morgan fingerprint density at radius 1 is 1.06 bits per heavy atom. The van der Waals surface area contributed by atoms with Gasteiger partial charge >= 0.3 is 0 Å². The zero-order valence-corrected chi connectivity index (χ0v) is 18.2. The molecule has 166 valence electrons. The molecule has 2 aromatic carbocycles. The molecule has 1 saturated heterocycles. The fourth-order valence-corrected chi connectivity index (χ4v) is 4.64. The molecule has 0 aliphatic carbocycles. The van der Waals surface area contributed by atoms with Crippen LogP contribution in [0.5, 0.6) is 0 Å². The summed E-state index contributed by atoms with van der Waals surface area (Å²) in [4.78, 5) is 43.1. The molecular formula is C23H23FN4O3S. The molecule has 1 atom stereocenters. The highest BCUT2D eigenvalue weighted by molar-refractivity contribution is 8.15. The van der Waals surface area contributed by atoms with Crippen molar-refractivity contribution < 1.29 is 18.8 Å². The van der Waals surface area contributed by atoms with Crippen molar-refractivity contribution in [3.05, 3.63) is 65.5 Å². The third-order valence-corrected chi connectivity index (χ3v) is 6.49. The van der Waals surface area contributed by atoms with E-state index >= 15 is 0 Å². The van der Waals surface area contributed by atoms with E-state index in [9.17, 15) is 18.8 Å². The van der Waals surface area contributed by atoms with E-state index in [1.807, 2.05) is 0 Å². The van der Waals surface area contributed by atoms with Crippen LogP contribution in [0.4, 0.5) is 10.1 Å². The third-order valence-electron chi connectivity index (χ3n) is 5.27. The predicted molar refractivity (Wildman–Crippen MR) is 122 cm³/mol. The number of hydrogen-bond donors (Lipinski definition) is 2. The molecule has 9 heteroatoms. The number of nitrogens with one attached hydrogen (secondary N) is 2. The van der Waals surface area contributed by atoms with E-state index in [4.69, 9.17) is 0 Å². The normalized spacial score (nSPS) is 17.9. The summed E-state index contributed by atoms with van der Waals surface area (Å²) in [5, 5.41) is 5.76. The molecule has 2 aliphatic heterocycles. The lowest BCUT2D eigenvalue weighted by Crippen LogP contribution is -2.25. The maximum Gasteiger partial charge on any atom is 0.262 e. The molecule has 2 heterocycles. The minimum Gasteiger partial charge on any atom is -0.351 e. The lowest BCUT2D eigenvalue weighted by Gasteiger charge is -2.16. The van der Waals surface area contributed by atoms with Gasteiger partial charge in [-0.05, 0) is 54.8 Å². The summed E-state index contributed by atoms with van der Waals surface area (Å²) >= 11 is 1.36. The average molecular weight is 455 g/mol. The van der Waals surface area contributed by atoms with Gasteiger partial charge in [-0.2, -0.15) is 4.99 Å². The predicted octanol–water partition coefficient (Wildman–Crippen LogP) is 3.18. The number of amides is 3. The van der Waals surface area contributed by atoms with E-state index in [1.54, 1.807) is 36.4 Å². The summed E-state index contributed by atoms with van der Waals surface area (Å²) < 4.78 is 12.9. The highest BCUT2D eigenvalue weighted by atomic mass is 32.2. The van der Waals surface area contributed by atoms with Crippen LogP contribution in [0.3, 0.4) is 0 Å². The number of likely N-dealkylation sites (tertiary alicyclic amines) is 1. The van der Waals surface area contributed by atoms with Crippen LogP contribution in [-0.2, 0) is 16.1 Å². The molecule has 0 saturated carbocycles. The van der Waals surface area contributed by atoms with Gasteiger partial charge in [0, 0.05) is 37.3 Å². The van der Waals surface area contributed by atoms with Crippen LogP contribution in [0.1, 0.15) is 35.2 Å². The summed E-state index contributed by atoms with van der Waals surface area (Å²) in [7, 11) is 0. The van der Waals surface area contributed by atoms with Crippen molar-refractivity contribution in [1.29, 1.82) is 0 Å². The Morgan fingerprint density at radius 2 is 1.75 bits per heavy atom. The molecule has 0 spiro atoms. The van der Waals surface area contributed by atoms with E-state index in [-0.39, 0.29) is 36.5 Å². The number of rotatable bonds is 6. The summed E-state index contributed by atoms with van der Waals surface area (Å²) in [6, 6.07) is 12.4. The Bertz CT molecular complexity index is 1030. The van der Waals surface area contributed by atoms with Gasteiger partial charge < -0.3 is 15.5 Å². The lowest BCUT2D eigenvalue weighted by atomic mass is 10.1. The van der Waals surface area contributed by atoms with Crippen LogP contribution < -0.4 is 10.6 Å². The molecule has 1 fully saturated rings. The molecule has 0 bridgehead atoms. The fraction of sp³-hybridized carbons (Fsp3) is 0.304. The third kappa shape index (κ3) is 5.53. The Hall–Kier alpha value is -3.20. The number of carbonyl (C=O) groups is 3. The van der Waals surface area contributed by atoms with Crippen LogP contribution in [0.15, 0.2) is 53.5 Å². The Morgan fingerprint density at radius 3 is 2.44 bits per heavy atom. The molecule has 32 heavy (non-hydrogen) atoms. The summed E-state index contributed by atoms with van der Waals surface area (Å²) in [5.41, 5.74) is 1.77. The minimum absolute atomic E-state index is 0.0459. The van der Waals surface area contributed by atoms with Crippen LogP contribution >= 0.6 is 11.8 Å². The fourth-order valence-electron chi connectivity index (χ4n) is 3.52. The van der Waals surface area contributed by atoms with Crippen molar-refractivity contribution in [2.75, 3.05) is 18.4 Å². The van der Waals surface area contributed by atoms with Gasteiger partial charge in [-0.25, -0.2) is 4.39 Å². The number of thioether (sulfide) groups is 1. The first-order valence-corrected chi connectivity index (χ1v) is 11.3. The molecule has 0 aromatic heterocycles. The van der Waals surface area contributed by atoms with Gasteiger partial charge in [0.15, 0.2) is 5.17 Å². The zero-order chi connectivity index (χ0) is 22.5. The molecule has 2 aliphatic rings. The highest BCUT2D eigenvalue weighted by Gasteiger charge is 2.33. The second kappa shape index (κ2) is 9.95. The monoisotopic (exact) mass is 454 g/mol. The zero-order valence-electron chi connectivity index (χ0n) is 17.3. The molecular weight excluding hydrogens is 431 g/mol. The molecule has 1 unspecified atom stereocenters. The first-order chi connectivity index (χ1) is 15.5. The van der Waals surface area contributed by atoms with Gasteiger partial charge in [0.05, 0.1) is 0 Å². The van der Waals surface area contributed by atoms with Crippen LogP contribution in [0, 0.1) is 5.82 Å². The maximum atomic E-state index is 12.9. The molecule has 0 radical (unpaired) electrons. The van der Waals surface area contributed by atoms with Crippen molar-refractivity contribution >= 4 is 40.3 Å². The molecule has 4 rings (SSSR count). The summed E-state index contributed by atoms with van der Waals surface area (Å²) in [6.07, 6.45) is 2.24. The van der Waals surface area contributed by atoms with Crippen molar-refractivity contribution in [3.8, 4) is 0 Å². The number of nitrogens with zero attached hydrogens (tertiary/aromatic N) is 2. The van der Waals surface area contributed by atoms with Gasteiger partial charge in [0.25, 0.3) is 11.8 Å². The van der Waals surface area contributed by atoms with Crippen molar-refractivity contribution in [1.82, 2.24) is 10.2 Å². The summed E-state index contributed by atoms with van der Waals surface area (Å²) in [5.74, 6) is -1.14. The van der Waals surface area contributed by atoms with Crippen molar-refractivity contribution in [3.63, 3.8) is 0 Å². The number of aliphatic imine (C=N–C) groups is 1. The standard InChI is InChI=1S/C23H23FN4O3S/c24-17-7-3-15(4-8-17)14-25-21(30)16-5-9-18(10-6-16)26-20(29)13-19-22(31)27-23(32-19)28-11-1-2-12-28/h3-10,19H,1-2,11-14H2,(H,25,30)(H,26,29).